The van der Waals surface area contributed by atoms with Crippen LogP contribution in [-0.2, 0) is 20.7 Å². The van der Waals surface area contributed by atoms with Gasteiger partial charge in [0.1, 0.15) is 16.4 Å². The first-order chi connectivity index (χ1) is 12.0. The van der Waals surface area contributed by atoms with E-state index < -0.39 is 10.1 Å². The minimum atomic E-state index is -3.74. The summed E-state index contributed by atoms with van der Waals surface area (Å²) in [4.78, 5) is 0.146. The zero-order valence-electron chi connectivity index (χ0n) is 14.2. The van der Waals surface area contributed by atoms with Gasteiger partial charge in [-0.3, -0.25) is 4.18 Å². The fraction of sp³-hybridized carbons (Fsp3) is 0.333. The van der Waals surface area contributed by atoms with Gasteiger partial charge in [0, 0.05) is 10.5 Å². The van der Waals surface area contributed by atoms with E-state index in [0.717, 1.165) is 29.9 Å². The monoisotopic (exact) mass is 428 g/mol. The Bertz CT molecular complexity index is 783. The van der Waals surface area contributed by atoms with Crippen molar-refractivity contribution in [3.8, 4) is 11.5 Å². The summed E-state index contributed by atoms with van der Waals surface area (Å²) in [6.45, 7) is 0.144. The molecule has 7 heteroatoms. The number of methoxy groups -OCH3 is 2. The Labute approximate surface area is 157 Å². The fourth-order valence-electron chi connectivity index (χ4n) is 2.32. The topological polar surface area (TPSA) is 61.8 Å². The Hall–Kier alpha value is -1.57. The molecule has 5 nitrogen and oxygen atoms in total. The van der Waals surface area contributed by atoms with Crippen LogP contribution in [0.5, 0.6) is 11.5 Å². The second-order valence-electron chi connectivity index (χ2n) is 5.38. The van der Waals surface area contributed by atoms with Gasteiger partial charge < -0.3 is 9.47 Å². The summed E-state index contributed by atoms with van der Waals surface area (Å²) in [5.74, 6) is 1.48. The number of hydrogen-bond donors (Lipinski definition) is 0. The van der Waals surface area contributed by atoms with E-state index in [2.05, 4.69) is 15.9 Å². The molecule has 0 saturated carbocycles. The van der Waals surface area contributed by atoms with Crippen LogP contribution in [0.3, 0.4) is 0 Å². The van der Waals surface area contributed by atoms with Gasteiger partial charge in [-0.2, -0.15) is 8.42 Å². The summed E-state index contributed by atoms with van der Waals surface area (Å²) < 4.78 is 40.4. The normalized spacial score (nSPS) is 11.3. The zero-order chi connectivity index (χ0) is 18.3. The molecule has 0 N–H and O–H groups in total. The Morgan fingerprint density at radius 1 is 0.960 bits per heavy atom. The van der Waals surface area contributed by atoms with Gasteiger partial charge in [-0.25, -0.2) is 0 Å². The average molecular weight is 429 g/mol. The Morgan fingerprint density at radius 3 is 2.20 bits per heavy atom. The van der Waals surface area contributed by atoms with Gasteiger partial charge in [0.25, 0.3) is 10.1 Å². The average Bonchev–Trinajstić information content (AvgIpc) is 2.61. The van der Waals surface area contributed by atoms with Gasteiger partial charge in [0.2, 0.25) is 0 Å². The highest BCUT2D eigenvalue weighted by atomic mass is 79.9. The van der Waals surface area contributed by atoms with E-state index in [1.807, 2.05) is 18.2 Å². The molecule has 2 rings (SSSR count). The summed E-state index contributed by atoms with van der Waals surface area (Å²) >= 11 is 3.23. The number of aryl methyl sites for hydroxylation is 1. The smallest absolute Gasteiger partial charge is 0.298 e. The molecular weight excluding hydrogens is 408 g/mol. The largest absolute Gasteiger partial charge is 0.497 e. The van der Waals surface area contributed by atoms with Crippen molar-refractivity contribution in [2.75, 3.05) is 20.8 Å². The van der Waals surface area contributed by atoms with Gasteiger partial charge in [0.05, 0.1) is 20.8 Å². The summed E-state index contributed by atoms with van der Waals surface area (Å²) in [7, 11) is -0.524. The molecule has 136 valence electrons. The van der Waals surface area contributed by atoms with Crippen LogP contribution < -0.4 is 9.47 Å². The molecule has 0 fully saturated rings. The molecule has 0 aliphatic carbocycles. The van der Waals surface area contributed by atoms with Crippen molar-refractivity contribution in [3.63, 3.8) is 0 Å². The summed E-state index contributed by atoms with van der Waals surface area (Å²) in [6, 6.07) is 12.3. The molecule has 0 aliphatic rings. The molecule has 0 saturated heterocycles. The van der Waals surface area contributed by atoms with Crippen LogP contribution in [0.1, 0.15) is 18.4 Å². The first-order valence-electron chi connectivity index (χ1n) is 7.82. The van der Waals surface area contributed by atoms with Crippen LogP contribution in [-0.4, -0.2) is 29.2 Å². The quantitative estimate of drug-likeness (QED) is 0.442. The first-order valence-corrected chi connectivity index (χ1v) is 10.0. The van der Waals surface area contributed by atoms with Gasteiger partial charge in [-0.1, -0.05) is 12.1 Å². The summed E-state index contributed by atoms with van der Waals surface area (Å²) in [5.41, 5.74) is 1.07. The Morgan fingerprint density at radius 2 is 1.60 bits per heavy atom. The number of unbranched alkanes of at least 4 members (excludes halogenated alkanes) is 1. The number of rotatable bonds is 9. The highest BCUT2D eigenvalue weighted by Crippen LogP contribution is 2.25. The molecule has 0 amide bonds. The van der Waals surface area contributed by atoms with E-state index in [1.54, 1.807) is 32.4 Å². The third kappa shape index (κ3) is 5.73. The number of halogens is 1. The maximum Gasteiger partial charge on any atom is 0.298 e. The molecule has 0 aliphatic heterocycles. The molecular formula is C18H21BrO5S. The van der Waals surface area contributed by atoms with E-state index >= 15 is 0 Å². The van der Waals surface area contributed by atoms with Gasteiger partial charge >= 0.3 is 0 Å². The highest BCUT2D eigenvalue weighted by Gasteiger charge is 2.17. The standard InChI is InChI=1S/C18H21BrO5S/c1-22-15-11-14(12-16(13-15)23-2)7-5-6-10-24-25(20,21)18-9-4-3-8-17(18)19/h3-4,8-9,11-13H,5-7,10H2,1-2H3. The van der Waals surface area contributed by atoms with Crippen molar-refractivity contribution in [2.45, 2.75) is 24.2 Å². The predicted molar refractivity (Wildman–Crippen MR) is 99.8 cm³/mol. The van der Waals surface area contributed by atoms with E-state index in [0.29, 0.717) is 10.9 Å². The molecule has 25 heavy (non-hydrogen) atoms. The molecule has 0 radical (unpaired) electrons. The second kappa shape index (κ2) is 9.22. The summed E-state index contributed by atoms with van der Waals surface area (Å²) in [6.07, 6.45) is 2.21. The van der Waals surface area contributed by atoms with Crippen molar-refractivity contribution in [2.24, 2.45) is 0 Å². The molecule has 0 unspecified atom stereocenters. The minimum absolute atomic E-state index is 0.144. The van der Waals surface area contributed by atoms with Crippen LogP contribution in [0.2, 0.25) is 0 Å². The van der Waals surface area contributed by atoms with Crippen LogP contribution in [0.4, 0.5) is 0 Å². The molecule has 0 bridgehead atoms. The van der Waals surface area contributed by atoms with Crippen molar-refractivity contribution in [1.29, 1.82) is 0 Å². The Kier molecular flexibility index (Phi) is 7.28. The van der Waals surface area contributed by atoms with Crippen LogP contribution in [0, 0.1) is 0 Å². The van der Waals surface area contributed by atoms with Crippen LogP contribution in [0.25, 0.3) is 0 Å². The highest BCUT2D eigenvalue weighted by molar-refractivity contribution is 9.10. The maximum atomic E-state index is 12.2. The van der Waals surface area contributed by atoms with E-state index in [1.165, 1.54) is 6.07 Å². The maximum absolute atomic E-state index is 12.2. The van der Waals surface area contributed by atoms with Crippen molar-refractivity contribution in [1.82, 2.24) is 0 Å². The van der Waals surface area contributed by atoms with E-state index in [9.17, 15) is 8.42 Å². The zero-order valence-corrected chi connectivity index (χ0v) is 16.6. The molecule has 0 aromatic heterocycles. The summed E-state index contributed by atoms with van der Waals surface area (Å²) in [5, 5.41) is 0. The van der Waals surface area contributed by atoms with Crippen molar-refractivity contribution < 1.29 is 22.1 Å². The second-order valence-corrected chi connectivity index (χ2v) is 7.82. The number of benzene rings is 2. The third-order valence-electron chi connectivity index (χ3n) is 3.62. The lowest BCUT2D eigenvalue weighted by molar-refractivity contribution is 0.308. The lowest BCUT2D eigenvalue weighted by atomic mass is 10.1. The van der Waals surface area contributed by atoms with Gasteiger partial charge in [-0.15, -0.1) is 0 Å². The fourth-order valence-corrected chi connectivity index (χ4v) is 4.22. The SMILES string of the molecule is COc1cc(CCCCOS(=O)(=O)c2ccccc2Br)cc(OC)c1. The van der Waals surface area contributed by atoms with Gasteiger partial charge in [0.15, 0.2) is 0 Å². The van der Waals surface area contributed by atoms with Crippen LogP contribution in [0.15, 0.2) is 51.8 Å². The first kappa shape index (κ1) is 19.8. The molecule has 2 aromatic carbocycles. The van der Waals surface area contributed by atoms with Crippen LogP contribution >= 0.6 is 15.9 Å². The molecule has 2 aromatic rings. The molecule has 0 spiro atoms. The minimum Gasteiger partial charge on any atom is -0.497 e. The number of hydrogen-bond acceptors (Lipinski definition) is 5. The Balaban J connectivity index is 1.85. The number of ether oxygens (including phenoxy) is 2. The van der Waals surface area contributed by atoms with E-state index in [4.69, 9.17) is 13.7 Å². The van der Waals surface area contributed by atoms with Crippen molar-refractivity contribution >= 4 is 26.0 Å². The molecule has 0 atom stereocenters. The lowest BCUT2D eigenvalue weighted by Crippen LogP contribution is -2.08. The van der Waals surface area contributed by atoms with E-state index in [-0.39, 0.29) is 11.5 Å². The molecule has 0 heterocycles. The van der Waals surface area contributed by atoms with Gasteiger partial charge in [-0.05, 0) is 65.0 Å². The van der Waals surface area contributed by atoms with Crippen molar-refractivity contribution in [3.05, 3.63) is 52.5 Å². The predicted octanol–water partition coefficient (Wildman–Crippen LogP) is 4.19. The third-order valence-corrected chi connectivity index (χ3v) is 5.94. The lowest BCUT2D eigenvalue weighted by Gasteiger charge is -2.09.